The van der Waals surface area contributed by atoms with Gasteiger partial charge in [0.2, 0.25) is 0 Å². The van der Waals surface area contributed by atoms with Gasteiger partial charge >= 0.3 is 18.3 Å². The molecular formula is C16H20F6O3. The third kappa shape index (κ3) is 3.80. The highest BCUT2D eigenvalue weighted by Gasteiger charge is 2.71. The zero-order valence-electron chi connectivity index (χ0n) is 13.6. The smallest absolute Gasteiger partial charge is 0.426 e. The van der Waals surface area contributed by atoms with E-state index in [0.717, 1.165) is 6.42 Å². The fourth-order valence-corrected chi connectivity index (χ4v) is 3.95. The maximum absolute atomic E-state index is 13.0. The number of halogens is 6. The summed E-state index contributed by atoms with van der Waals surface area (Å²) in [4.78, 5) is 11.7. The molecule has 0 spiro atoms. The zero-order chi connectivity index (χ0) is 19.2. The van der Waals surface area contributed by atoms with E-state index in [1.54, 1.807) is 0 Å². The van der Waals surface area contributed by atoms with Crippen molar-refractivity contribution in [3.63, 3.8) is 0 Å². The minimum absolute atomic E-state index is 0.0985. The van der Waals surface area contributed by atoms with Crippen LogP contribution in [-0.2, 0) is 9.53 Å². The molecule has 0 aliphatic heterocycles. The highest BCUT2D eigenvalue weighted by atomic mass is 19.4. The van der Waals surface area contributed by atoms with E-state index in [0.29, 0.717) is 19.3 Å². The van der Waals surface area contributed by atoms with Crippen LogP contribution in [0.15, 0.2) is 12.2 Å². The van der Waals surface area contributed by atoms with Gasteiger partial charge in [-0.25, -0.2) is 4.79 Å². The van der Waals surface area contributed by atoms with E-state index < -0.39 is 42.4 Å². The van der Waals surface area contributed by atoms with Crippen molar-refractivity contribution in [1.82, 2.24) is 0 Å². The second kappa shape index (κ2) is 6.48. The first kappa shape index (κ1) is 20.1. The van der Waals surface area contributed by atoms with Gasteiger partial charge in [0.15, 0.2) is 0 Å². The van der Waals surface area contributed by atoms with Crippen molar-refractivity contribution in [2.75, 3.05) is 0 Å². The van der Waals surface area contributed by atoms with Crippen LogP contribution in [0.5, 0.6) is 0 Å². The van der Waals surface area contributed by atoms with Crippen LogP contribution in [0, 0.1) is 17.8 Å². The van der Waals surface area contributed by atoms with E-state index in [1.165, 1.54) is 6.92 Å². The third-order valence-corrected chi connectivity index (χ3v) is 5.31. The number of hydrogen-bond acceptors (Lipinski definition) is 3. The van der Waals surface area contributed by atoms with Crippen molar-refractivity contribution >= 4 is 5.97 Å². The second-order valence-electron chi connectivity index (χ2n) is 7.12. The molecule has 2 saturated carbocycles. The van der Waals surface area contributed by atoms with Crippen LogP contribution in [0.2, 0.25) is 0 Å². The molecule has 2 fully saturated rings. The van der Waals surface area contributed by atoms with E-state index in [2.05, 4.69) is 6.58 Å². The fraction of sp³-hybridized carbons (Fsp3) is 0.812. The van der Waals surface area contributed by atoms with Crippen molar-refractivity contribution in [3.05, 3.63) is 12.2 Å². The van der Waals surface area contributed by atoms with E-state index in [9.17, 15) is 36.2 Å². The van der Waals surface area contributed by atoms with Crippen molar-refractivity contribution in [2.24, 2.45) is 17.8 Å². The largest absolute Gasteiger partial charge is 0.459 e. The highest BCUT2D eigenvalue weighted by Crippen LogP contribution is 2.53. The van der Waals surface area contributed by atoms with Crippen LogP contribution in [0.3, 0.4) is 0 Å². The number of carbonyl (C=O) groups is 1. The van der Waals surface area contributed by atoms with Crippen molar-refractivity contribution in [1.29, 1.82) is 0 Å². The molecule has 2 aliphatic carbocycles. The fourth-order valence-electron chi connectivity index (χ4n) is 3.95. The van der Waals surface area contributed by atoms with Gasteiger partial charge in [-0.1, -0.05) is 13.0 Å². The van der Waals surface area contributed by atoms with Crippen molar-refractivity contribution in [3.8, 4) is 0 Å². The van der Waals surface area contributed by atoms with Crippen LogP contribution in [-0.4, -0.2) is 35.1 Å². The van der Waals surface area contributed by atoms with Gasteiger partial charge in [-0.2, -0.15) is 26.3 Å². The van der Waals surface area contributed by atoms with Gasteiger partial charge < -0.3 is 9.84 Å². The third-order valence-electron chi connectivity index (χ3n) is 5.31. The number of alkyl halides is 6. The Morgan fingerprint density at radius 1 is 1.16 bits per heavy atom. The molecule has 0 amide bonds. The molecule has 2 bridgehead atoms. The number of ether oxygens (including phenoxy) is 1. The lowest BCUT2D eigenvalue weighted by Crippen LogP contribution is -2.59. The summed E-state index contributed by atoms with van der Waals surface area (Å²) >= 11 is 0. The summed E-state index contributed by atoms with van der Waals surface area (Å²) in [7, 11) is 0. The number of aliphatic hydroxyl groups is 1. The van der Waals surface area contributed by atoms with Crippen LogP contribution in [0.4, 0.5) is 26.3 Å². The molecule has 2 aliphatic rings. The molecule has 1 N–H and O–H groups in total. The standard InChI is InChI=1S/C16H20F6O3/c1-8(2)13(23)25-12(11-6-9-3-4-10(11)5-9)7-14(24,15(17,18)19)16(20,21)22/h9-12,24H,1,3-7H2,2H3. The molecule has 0 aromatic rings. The summed E-state index contributed by atoms with van der Waals surface area (Å²) in [5.74, 6) is -1.57. The predicted molar refractivity (Wildman–Crippen MR) is 75.3 cm³/mol. The number of esters is 1. The Morgan fingerprint density at radius 3 is 2.08 bits per heavy atom. The summed E-state index contributed by atoms with van der Waals surface area (Å²) in [5.41, 5.74) is -5.06. The first-order chi connectivity index (χ1) is 11.3. The monoisotopic (exact) mass is 374 g/mol. The molecule has 2 rings (SSSR count). The Bertz CT molecular complexity index is 525. The molecule has 0 saturated heterocycles. The summed E-state index contributed by atoms with van der Waals surface area (Å²) in [6.07, 6.45) is -12.7. The lowest BCUT2D eigenvalue weighted by atomic mass is 9.79. The van der Waals surface area contributed by atoms with Crippen LogP contribution in [0.25, 0.3) is 0 Å². The molecule has 144 valence electrons. The van der Waals surface area contributed by atoms with E-state index in [-0.39, 0.29) is 17.4 Å². The van der Waals surface area contributed by atoms with Gasteiger partial charge in [0.1, 0.15) is 6.10 Å². The minimum Gasteiger partial charge on any atom is -0.459 e. The Balaban J connectivity index is 2.31. The van der Waals surface area contributed by atoms with E-state index in [1.807, 2.05) is 0 Å². The molecule has 0 aromatic heterocycles. The summed E-state index contributed by atoms with van der Waals surface area (Å²) in [5, 5.41) is 9.47. The number of hydrogen-bond donors (Lipinski definition) is 1. The highest BCUT2D eigenvalue weighted by molar-refractivity contribution is 5.87. The molecule has 4 unspecified atom stereocenters. The van der Waals surface area contributed by atoms with Gasteiger partial charge in [0.05, 0.1) is 0 Å². The molecule has 9 heteroatoms. The SMILES string of the molecule is C=C(C)C(=O)OC(CC(O)(C(F)(F)F)C(F)(F)F)C1CC2CCC1C2. The summed E-state index contributed by atoms with van der Waals surface area (Å²) in [6, 6.07) is 0. The van der Waals surface area contributed by atoms with Crippen LogP contribution >= 0.6 is 0 Å². The first-order valence-electron chi connectivity index (χ1n) is 7.98. The average Bonchev–Trinajstić information content (AvgIpc) is 3.06. The molecule has 3 nitrogen and oxygen atoms in total. The van der Waals surface area contributed by atoms with Gasteiger partial charge in [-0.15, -0.1) is 0 Å². The van der Waals surface area contributed by atoms with Crippen LogP contribution < -0.4 is 0 Å². The van der Waals surface area contributed by atoms with Gasteiger partial charge in [0.25, 0.3) is 5.60 Å². The second-order valence-corrected chi connectivity index (χ2v) is 7.12. The van der Waals surface area contributed by atoms with E-state index >= 15 is 0 Å². The van der Waals surface area contributed by atoms with E-state index in [4.69, 9.17) is 4.74 Å². The quantitative estimate of drug-likeness (QED) is 0.447. The normalized spacial score (nSPS) is 28.1. The van der Waals surface area contributed by atoms with Gasteiger partial charge in [-0.3, -0.25) is 0 Å². The molecular weight excluding hydrogens is 354 g/mol. The Hall–Kier alpha value is -1.25. The first-order valence-corrected chi connectivity index (χ1v) is 7.98. The number of rotatable bonds is 5. The molecule has 0 radical (unpaired) electrons. The maximum atomic E-state index is 13.0. The Morgan fingerprint density at radius 2 is 1.72 bits per heavy atom. The molecule has 4 atom stereocenters. The predicted octanol–water partition coefficient (Wildman–Crippen LogP) is 4.16. The number of fused-ring (bicyclic) bond motifs is 2. The molecule has 0 aromatic carbocycles. The maximum Gasteiger partial charge on any atom is 0.426 e. The topological polar surface area (TPSA) is 46.5 Å². The van der Waals surface area contributed by atoms with Crippen molar-refractivity contribution in [2.45, 2.75) is 63.1 Å². The average molecular weight is 374 g/mol. The minimum atomic E-state index is -5.93. The van der Waals surface area contributed by atoms with Gasteiger partial charge in [-0.05, 0) is 43.9 Å². The lowest BCUT2D eigenvalue weighted by molar-refractivity contribution is -0.375. The summed E-state index contributed by atoms with van der Waals surface area (Å²) < 4.78 is 83.0. The van der Waals surface area contributed by atoms with Crippen molar-refractivity contribution < 1.29 is 41.0 Å². The Labute approximate surface area is 141 Å². The van der Waals surface area contributed by atoms with Gasteiger partial charge in [0, 0.05) is 12.0 Å². The van der Waals surface area contributed by atoms with Crippen LogP contribution in [0.1, 0.15) is 39.0 Å². The zero-order valence-corrected chi connectivity index (χ0v) is 13.6. The molecule has 0 heterocycles. The summed E-state index contributed by atoms with van der Waals surface area (Å²) in [6.45, 7) is 4.55. The number of carbonyl (C=O) groups excluding carboxylic acids is 1. The molecule has 25 heavy (non-hydrogen) atoms. The lowest BCUT2D eigenvalue weighted by Gasteiger charge is -2.38. The Kier molecular flexibility index (Phi) is 5.20.